The third kappa shape index (κ3) is 8.50. The van der Waals surface area contributed by atoms with E-state index in [1.165, 1.54) is 25.2 Å². The largest absolute Gasteiger partial charge is 0.493 e. The number of anilines is 2. The molecule has 282 valence electrons. The summed E-state index contributed by atoms with van der Waals surface area (Å²) in [6, 6.07) is 11.7. The van der Waals surface area contributed by atoms with Gasteiger partial charge in [0.25, 0.3) is 5.91 Å². The van der Waals surface area contributed by atoms with E-state index in [-0.39, 0.29) is 42.7 Å². The Kier molecular flexibility index (Phi) is 12.0. The normalized spacial score (nSPS) is 19.7. The number of aromatic nitrogens is 1. The van der Waals surface area contributed by atoms with Gasteiger partial charge in [0.15, 0.2) is 24.0 Å². The molecule has 3 amide bonds. The molecule has 0 saturated carbocycles. The number of hydrogen-bond donors (Lipinski definition) is 1. The first-order valence-corrected chi connectivity index (χ1v) is 17.8. The van der Waals surface area contributed by atoms with Crippen molar-refractivity contribution in [3.05, 3.63) is 83.7 Å². The summed E-state index contributed by atoms with van der Waals surface area (Å²) in [6.45, 7) is 4.81. The first-order chi connectivity index (χ1) is 25.7. The smallest absolute Gasteiger partial charge is 0.416 e. The molecule has 2 unspecified atom stereocenters. The first-order valence-electron chi connectivity index (χ1n) is 17.8. The Morgan fingerprint density at radius 1 is 1.02 bits per heavy atom. The lowest BCUT2D eigenvalue weighted by Gasteiger charge is -2.42. The van der Waals surface area contributed by atoms with Crippen LogP contribution in [0.5, 0.6) is 11.5 Å². The van der Waals surface area contributed by atoms with Crippen LogP contribution in [0, 0.1) is 0 Å². The van der Waals surface area contributed by atoms with E-state index in [1.54, 1.807) is 40.9 Å². The van der Waals surface area contributed by atoms with E-state index in [0.717, 1.165) is 36.8 Å². The number of nitrogens with one attached hydrogen (secondary N) is 1. The molecule has 2 aromatic carbocycles. The molecule has 3 aliphatic rings. The third-order valence-electron chi connectivity index (χ3n) is 9.55. The fourth-order valence-corrected chi connectivity index (χ4v) is 7.01. The van der Waals surface area contributed by atoms with Gasteiger partial charge in [0.2, 0.25) is 5.91 Å². The first kappa shape index (κ1) is 37.4. The number of carbonyl (C=O) groups is 4. The predicted molar refractivity (Wildman–Crippen MR) is 194 cm³/mol. The molecule has 1 N–H and O–H groups in total. The van der Waals surface area contributed by atoms with Crippen LogP contribution in [-0.2, 0) is 43.8 Å². The van der Waals surface area contributed by atoms with Gasteiger partial charge >= 0.3 is 12.1 Å². The Labute approximate surface area is 308 Å². The molecule has 0 radical (unpaired) electrons. The van der Waals surface area contributed by atoms with Crippen LogP contribution in [0.3, 0.4) is 0 Å². The summed E-state index contributed by atoms with van der Waals surface area (Å²) in [5.41, 5.74) is 2.84. The molecule has 3 aliphatic heterocycles. The van der Waals surface area contributed by atoms with E-state index in [9.17, 15) is 19.2 Å². The van der Waals surface area contributed by atoms with Crippen LogP contribution >= 0.6 is 0 Å². The van der Waals surface area contributed by atoms with Crippen LogP contribution in [0.25, 0.3) is 0 Å². The highest BCUT2D eigenvalue weighted by molar-refractivity contribution is 6.06. The molecule has 0 spiro atoms. The molecule has 4 heterocycles. The van der Waals surface area contributed by atoms with Crippen molar-refractivity contribution in [1.82, 2.24) is 9.47 Å². The van der Waals surface area contributed by atoms with Crippen molar-refractivity contribution < 1.29 is 47.6 Å². The van der Waals surface area contributed by atoms with E-state index in [1.807, 2.05) is 24.3 Å². The Hall–Kier alpha value is -5.34. The van der Waals surface area contributed by atoms with Gasteiger partial charge in [0.1, 0.15) is 18.9 Å². The van der Waals surface area contributed by atoms with Crippen LogP contribution in [0.2, 0.25) is 0 Å². The summed E-state index contributed by atoms with van der Waals surface area (Å²) in [6.07, 6.45) is 5.93. The number of hydrogen-bond acceptors (Lipinski definition) is 10. The van der Waals surface area contributed by atoms with Crippen LogP contribution in [-0.4, -0.2) is 85.9 Å². The zero-order valence-electron chi connectivity index (χ0n) is 30.3. The summed E-state index contributed by atoms with van der Waals surface area (Å²) in [5, 5.41) is 2.82. The summed E-state index contributed by atoms with van der Waals surface area (Å²) in [5.74, 6) is -0.407. The minimum absolute atomic E-state index is 0.0343. The number of rotatable bonds is 12. The maximum Gasteiger partial charge on any atom is 0.416 e. The lowest BCUT2D eigenvalue weighted by molar-refractivity contribution is -0.198. The highest BCUT2D eigenvalue weighted by atomic mass is 16.7. The van der Waals surface area contributed by atoms with Crippen molar-refractivity contribution in [1.29, 1.82) is 0 Å². The second-order valence-electron chi connectivity index (χ2n) is 13.2. The molecule has 14 nitrogen and oxygen atoms in total. The molecule has 1 aromatic heterocycles. The molecular weight excluding hydrogens is 684 g/mol. The zero-order valence-corrected chi connectivity index (χ0v) is 30.3. The van der Waals surface area contributed by atoms with Crippen LogP contribution < -0.4 is 19.7 Å². The molecule has 2 fully saturated rings. The molecule has 3 atom stereocenters. The van der Waals surface area contributed by atoms with E-state index in [4.69, 9.17) is 28.4 Å². The topological polar surface area (TPSA) is 147 Å². The highest BCUT2D eigenvalue weighted by Crippen LogP contribution is 2.42. The number of aryl methyl sites for hydroxylation is 1. The Balaban J connectivity index is 1.26. The van der Waals surface area contributed by atoms with E-state index in [0.29, 0.717) is 48.9 Å². The van der Waals surface area contributed by atoms with Gasteiger partial charge < -0.3 is 43.2 Å². The molecule has 53 heavy (non-hydrogen) atoms. The third-order valence-corrected chi connectivity index (χ3v) is 9.55. The summed E-state index contributed by atoms with van der Waals surface area (Å²) in [4.78, 5) is 56.3. The fourth-order valence-electron chi connectivity index (χ4n) is 7.01. The monoisotopic (exact) mass is 730 g/mol. The number of esters is 1. The van der Waals surface area contributed by atoms with Gasteiger partial charge in [-0.1, -0.05) is 36.9 Å². The SMILES string of the molecule is C=CCOC(=O)N1c2cc(OCc3cccc(CC(=O)Nc4cc(C(=O)OC)n(C)c4)c3)c(OC)cc2C(=O)N2CCCC[C@H]2C1OC1CCCCO1. The predicted octanol–water partition coefficient (Wildman–Crippen LogP) is 5.59. The lowest BCUT2D eigenvalue weighted by Crippen LogP contribution is -2.57. The molecule has 3 aromatic rings. The number of ether oxygens (including phenoxy) is 6. The van der Waals surface area contributed by atoms with Crippen molar-refractivity contribution >= 4 is 35.3 Å². The molecule has 0 bridgehead atoms. The van der Waals surface area contributed by atoms with Gasteiger partial charge in [0.05, 0.1) is 43.6 Å². The zero-order chi connectivity index (χ0) is 37.5. The standard InChI is InChI=1S/C39H46N4O10/c1-5-16-51-39(47)43-30-22-33(52-24-26-12-10-11-25(18-26)19-34(44)40-27-20-31(38(46)49-4)41(2)23-27)32(48-3)21-28(30)36(45)42-15-8-6-13-29(42)37(43)53-35-14-7-9-17-50-35/h5,10-12,18,20-23,29,35,37H,1,6-9,13-17,19,24H2,2-4H3,(H,40,44)/t29-,35?,37?/m0/s1. The van der Waals surface area contributed by atoms with Gasteiger partial charge in [-0.2, -0.15) is 0 Å². The van der Waals surface area contributed by atoms with Gasteiger partial charge in [0, 0.05) is 32.5 Å². The minimum atomic E-state index is -0.882. The number of benzene rings is 2. The average Bonchev–Trinajstić information content (AvgIpc) is 3.50. The van der Waals surface area contributed by atoms with Crippen molar-refractivity contribution in [2.75, 3.05) is 44.2 Å². The number of fused-ring (bicyclic) bond motifs is 2. The van der Waals surface area contributed by atoms with Crippen LogP contribution in [0.15, 0.2) is 61.3 Å². The molecule has 14 heteroatoms. The molecule has 0 aliphatic carbocycles. The van der Waals surface area contributed by atoms with Gasteiger partial charge in [-0.15, -0.1) is 0 Å². The minimum Gasteiger partial charge on any atom is -0.493 e. The van der Waals surface area contributed by atoms with Gasteiger partial charge in [-0.05, 0) is 61.8 Å². The van der Waals surface area contributed by atoms with Crippen molar-refractivity contribution in [2.45, 2.75) is 70.1 Å². The number of amides is 3. The number of methoxy groups -OCH3 is 2. The van der Waals surface area contributed by atoms with Gasteiger partial charge in [-0.25, -0.2) is 14.5 Å². The van der Waals surface area contributed by atoms with Crippen molar-refractivity contribution in [3.63, 3.8) is 0 Å². The van der Waals surface area contributed by atoms with Crippen LogP contribution in [0.1, 0.15) is 70.5 Å². The molecular formula is C39H46N4O10. The second kappa shape index (κ2) is 17.0. The Morgan fingerprint density at radius 3 is 2.58 bits per heavy atom. The Bertz CT molecular complexity index is 1830. The number of nitrogens with zero attached hydrogens (tertiary/aromatic N) is 3. The molecule has 2 saturated heterocycles. The van der Waals surface area contributed by atoms with Crippen LogP contribution in [0.4, 0.5) is 16.2 Å². The van der Waals surface area contributed by atoms with Crippen molar-refractivity contribution in [3.8, 4) is 11.5 Å². The molecule has 6 rings (SSSR count). The maximum atomic E-state index is 14.2. The van der Waals surface area contributed by atoms with Crippen molar-refractivity contribution in [2.24, 2.45) is 7.05 Å². The lowest BCUT2D eigenvalue weighted by atomic mass is 10.00. The van der Waals surface area contributed by atoms with E-state index < -0.39 is 30.6 Å². The quantitative estimate of drug-likeness (QED) is 0.185. The summed E-state index contributed by atoms with van der Waals surface area (Å²) >= 11 is 0. The number of carbonyl (C=O) groups excluding carboxylic acids is 4. The summed E-state index contributed by atoms with van der Waals surface area (Å²) < 4.78 is 36.5. The average molecular weight is 731 g/mol. The van der Waals surface area contributed by atoms with E-state index in [2.05, 4.69) is 11.9 Å². The summed E-state index contributed by atoms with van der Waals surface area (Å²) in [7, 11) is 4.48. The highest BCUT2D eigenvalue weighted by Gasteiger charge is 2.47. The van der Waals surface area contributed by atoms with E-state index >= 15 is 0 Å². The second-order valence-corrected chi connectivity index (χ2v) is 13.2. The fraction of sp³-hybridized carbons (Fsp3) is 0.436. The maximum absolute atomic E-state index is 14.2. The number of piperidine rings is 1. The van der Waals surface area contributed by atoms with Gasteiger partial charge in [-0.3, -0.25) is 9.59 Å². The Morgan fingerprint density at radius 2 is 1.83 bits per heavy atom.